The highest BCUT2D eigenvalue weighted by Crippen LogP contribution is 2.22. The molecule has 4 nitrogen and oxygen atoms in total. The summed E-state index contributed by atoms with van der Waals surface area (Å²) in [6.07, 6.45) is 4.29. The summed E-state index contributed by atoms with van der Waals surface area (Å²) in [5.74, 6) is 0. The first kappa shape index (κ1) is 11.9. The van der Waals surface area contributed by atoms with Crippen molar-refractivity contribution in [3.8, 4) is 0 Å². The lowest BCUT2D eigenvalue weighted by molar-refractivity contribution is 0.680. The fourth-order valence-corrected chi connectivity index (χ4v) is 2.36. The molecule has 2 heterocycles. The van der Waals surface area contributed by atoms with Crippen molar-refractivity contribution in [1.82, 2.24) is 14.8 Å². The van der Waals surface area contributed by atoms with Crippen molar-refractivity contribution < 1.29 is 0 Å². The lowest BCUT2D eigenvalue weighted by Gasteiger charge is -2.09. The zero-order chi connectivity index (χ0) is 13.2. The van der Waals surface area contributed by atoms with Gasteiger partial charge in [-0.15, -0.1) is 0 Å². The number of pyridine rings is 1. The Morgan fingerprint density at radius 2 is 2.05 bits per heavy atom. The topological polar surface area (TPSA) is 56.7 Å². The van der Waals surface area contributed by atoms with E-state index in [9.17, 15) is 0 Å². The summed E-state index contributed by atoms with van der Waals surface area (Å²) < 4.78 is 1.90. The second kappa shape index (κ2) is 4.82. The van der Waals surface area contributed by atoms with Crippen molar-refractivity contribution in [2.24, 2.45) is 12.8 Å². The first-order chi connectivity index (χ1) is 9.25. The van der Waals surface area contributed by atoms with Gasteiger partial charge in [0.15, 0.2) is 0 Å². The summed E-state index contributed by atoms with van der Waals surface area (Å²) in [5.41, 5.74) is 9.45. The summed E-state index contributed by atoms with van der Waals surface area (Å²) in [6.45, 7) is 0. The van der Waals surface area contributed by atoms with Crippen LogP contribution in [-0.4, -0.2) is 14.8 Å². The molecule has 4 heteroatoms. The summed E-state index contributed by atoms with van der Waals surface area (Å²) in [5, 5.41) is 5.74. The first-order valence-corrected chi connectivity index (χ1v) is 6.32. The van der Waals surface area contributed by atoms with Crippen LogP contribution in [-0.2, 0) is 13.5 Å². The molecule has 96 valence electrons. The molecule has 0 radical (unpaired) electrons. The Bertz CT molecular complexity index is 688. The molecule has 1 aromatic carbocycles. The molecule has 0 aliphatic carbocycles. The Hall–Kier alpha value is -2.20. The molecule has 0 saturated heterocycles. The fraction of sp³-hybridized carbons (Fsp3) is 0.200. The second-order valence-corrected chi connectivity index (χ2v) is 4.68. The molecule has 2 aromatic heterocycles. The van der Waals surface area contributed by atoms with Gasteiger partial charge in [0, 0.05) is 37.3 Å². The zero-order valence-corrected chi connectivity index (χ0v) is 10.8. The van der Waals surface area contributed by atoms with Crippen molar-refractivity contribution in [2.75, 3.05) is 0 Å². The summed E-state index contributed by atoms with van der Waals surface area (Å²) in [6, 6.07) is 12.0. The minimum atomic E-state index is -0.0768. The van der Waals surface area contributed by atoms with E-state index in [1.165, 1.54) is 5.39 Å². The SMILES string of the molecule is Cn1nc(CC(N)c2cccnc2)c2ccccc21. The molecule has 3 aromatic rings. The Labute approximate surface area is 111 Å². The van der Waals surface area contributed by atoms with Crippen LogP contribution in [0.5, 0.6) is 0 Å². The van der Waals surface area contributed by atoms with E-state index < -0.39 is 0 Å². The van der Waals surface area contributed by atoms with Crippen molar-refractivity contribution in [3.05, 3.63) is 60.0 Å². The highest BCUT2D eigenvalue weighted by atomic mass is 15.3. The largest absolute Gasteiger partial charge is 0.324 e. The van der Waals surface area contributed by atoms with E-state index in [0.29, 0.717) is 6.42 Å². The summed E-state index contributed by atoms with van der Waals surface area (Å²) in [4.78, 5) is 4.11. The lowest BCUT2D eigenvalue weighted by Crippen LogP contribution is -2.14. The monoisotopic (exact) mass is 252 g/mol. The number of aryl methyl sites for hydroxylation is 1. The van der Waals surface area contributed by atoms with Gasteiger partial charge in [0.05, 0.1) is 11.2 Å². The van der Waals surface area contributed by atoms with Gasteiger partial charge in [0.2, 0.25) is 0 Å². The van der Waals surface area contributed by atoms with E-state index in [4.69, 9.17) is 5.73 Å². The maximum absolute atomic E-state index is 6.24. The number of aromatic nitrogens is 3. The Kier molecular flexibility index (Phi) is 3.01. The number of hydrogen-bond acceptors (Lipinski definition) is 3. The predicted molar refractivity (Wildman–Crippen MR) is 75.6 cm³/mol. The normalized spacial score (nSPS) is 12.7. The number of hydrogen-bond donors (Lipinski definition) is 1. The molecule has 1 unspecified atom stereocenters. The standard InChI is InChI=1S/C15H16N4/c1-19-15-7-3-2-6-12(15)14(18-19)9-13(16)11-5-4-8-17-10-11/h2-8,10,13H,9,16H2,1H3. The van der Waals surface area contributed by atoms with Gasteiger partial charge >= 0.3 is 0 Å². The maximum Gasteiger partial charge on any atom is 0.0722 e. The van der Waals surface area contributed by atoms with Crippen LogP contribution >= 0.6 is 0 Å². The van der Waals surface area contributed by atoms with E-state index >= 15 is 0 Å². The van der Waals surface area contributed by atoms with Crippen LogP contribution in [0.2, 0.25) is 0 Å². The van der Waals surface area contributed by atoms with Gasteiger partial charge in [-0.05, 0) is 17.7 Å². The van der Waals surface area contributed by atoms with Crippen LogP contribution < -0.4 is 5.73 Å². The smallest absolute Gasteiger partial charge is 0.0722 e. The molecule has 0 amide bonds. The fourth-order valence-electron chi connectivity index (χ4n) is 2.36. The van der Waals surface area contributed by atoms with Crippen LogP contribution in [0.4, 0.5) is 0 Å². The molecule has 3 rings (SSSR count). The Morgan fingerprint density at radius 1 is 1.21 bits per heavy atom. The highest BCUT2D eigenvalue weighted by molar-refractivity contribution is 5.81. The summed E-state index contributed by atoms with van der Waals surface area (Å²) in [7, 11) is 1.96. The van der Waals surface area contributed by atoms with Gasteiger partial charge in [0.25, 0.3) is 0 Å². The quantitative estimate of drug-likeness (QED) is 0.777. The summed E-state index contributed by atoms with van der Waals surface area (Å²) >= 11 is 0. The molecule has 1 atom stereocenters. The average Bonchev–Trinajstić information content (AvgIpc) is 2.77. The van der Waals surface area contributed by atoms with Gasteiger partial charge in [0.1, 0.15) is 0 Å². The molecule has 0 spiro atoms. The van der Waals surface area contributed by atoms with Gasteiger partial charge in [-0.3, -0.25) is 9.67 Å². The van der Waals surface area contributed by atoms with E-state index in [2.05, 4.69) is 22.2 Å². The molecule has 0 aliphatic heterocycles. The number of fused-ring (bicyclic) bond motifs is 1. The van der Waals surface area contributed by atoms with Crippen molar-refractivity contribution in [1.29, 1.82) is 0 Å². The highest BCUT2D eigenvalue weighted by Gasteiger charge is 2.13. The van der Waals surface area contributed by atoms with Gasteiger partial charge < -0.3 is 5.73 Å². The number of rotatable bonds is 3. The zero-order valence-electron chi connectivity index (χ0n) is 10.8. The minimum absolute atomic E-state index is 0.0768. The molecule has 0 aliphatic rings. The lowest BCUT2D eigenvalue weighted by atomic mass is 10.0. The van der Waals surface area contributed by atoms with Gasteiger partial charge in [-0.2, -0.15) is 5.10 Å². The van der Waals surface area contributed by atoms with E-state index in [1.54, 1.807) is 6.20 Å². The maximum atomic E-state index is 6.24. The molecular weight excluding hydrogens is 236 g/mol. The van der Waals surface area contributed by atoms with Crippen LogP contribution in [0, 0.1) is 0 Å². The third-order valence-corrected chi connectivity index (χ3v) is 3.36. The predicted octanol–water partition coefficient (Wildman–Crippen LogP) is 2.21. The molecule has 0 saturated carbocycles. The van der Waals surface area contributed by atoms with Crippen molar-refractivity contribution >= 4 is 10.9 Å². The molecule has 0 fully saturated rings. The number of nitrogens with two attached hydrogens (primary N) is 1. The molecule has 2 N–H and O–H groups in total. The Balaban J connectivity index is 1.94. The van der Waals surface area contributed by atoms with E-state index in [1.807, 2.05) is 42.2 Å². The number of para-hydroxylation sites is 1. The van der Waals surface area contributed by atoms with E-state index in [-0.39, 0.29) is 6.04 Å². The molecule has 0 bridgehead atoms. The van der Waals surface area contributed by atoms with Crippen LogP contribution in [0.3, 0.4) is 0 Å². The molecular formula is C15H16N4. The third kappa shape index (κ3) is 2.22. The number of benzene rings is 1. The Morgan fingerprint density at radius 3 is 2.84 bits per heavy atom. The van der Waals surface area contributed by atoms with Crippen LogP contribution in [0.1, 0.15) is 17.3 Å². The third-order valence-electron chi connectivity index (χ3n) is 3.36. The average molecular weight is 252 g/mol. The van der Waals surface area contributed by atoms with Crippen molar-refractivity contribution in [3.63, 3.8) is 0 Å². The van der Waals surface area contributed by atoms with Gasteiger partial charge in [-0.25, -0.2) is 0 Å². The van der Waals surface area contributed by atoms with Crippen LogP contribution in [0.15, 0.2) is 48.8 Å². The number of nitrogens with zero attached hydrogens (tertiary/aromatic N) is 3. The van der Waals surface area contributed by atoms with Gasteiger partial charge in [-0.1, -0.05) is 24.3 Å². The minimum Gasteiger partial charge on any atom is -0.324 e. The van der Waals surface area contributed by atoms with Crippen LogP contribution in [0.25, 0.3) is 10.9 Å². The van der Waals surface area contributed by atoms with Crippen molar-refractivity contribution in [2.45, 2.75) is 12.5 Å². The van der Waals surface area contributed by atoms with E-state index in [0.717, 1.165) is 16.8 Å². The second-order valence-electron chi connectivity index (χ2n) is 4.68. The first-order valence-electron chi connectivity index (χ1n) is 6.32. The molecule has 19 heavy (non-hydrogen) atoms.